The van der Waals surface area contributed by atoms with Gasteiger partial charge in [0.15, 0.2) is 3.95 Å². The van der Waals surface area contributed by atoms with Crippen molar-refractivity contribution in [3.8, 4) is 11.5 Å². The highest BCUT2D eigenvalue weighted by Gasteiger charge is 1.99. The number of benzene rings is 1. The molecule has 0 saturated heterocycles. The first-order chi connectivity index (χ1) is 7.65. The number of hydrogen-bond donors (Lipinski definition) is 3. The molecule has 1 aromatic carbocycles. The summed E-state index contributed by atoms with van der Waals surface area (Å²) in [4.78, 5) is 4.03. The second-order valence-electron chi connectivity index (χ2n) is 2.90. The molecule has 0 bridgehead atoms. The third-order valence-corrected chi connectivity index (χ3v) is 2.75. The van der Waals surface area contributed by atoms with Gasteiger partial charge in [0.25, 0.3) is 0 Å². The van der Waals surface area contributed by atoms with E-state index in [1.165, 1.54) is 29.7 Å². The lowest BCUT2D eigenvalue weighted by atomic mass is 10.2. The molecule has 0 radical (unpaired) electrons. The van der Waals surface area contributed by atoms with Crippen molar-refractivity contribution in [2.75, 3.05) is 0 Å². The van der Waals surface area contributed by atoms with Gasteiger partial charge in [-0.15, -0.1) is 5.10 Å². The minimum absolute atomic E-state index is 0.00470. The van der Waals surface area contributed by atoms with Crippen LogP contribution in [0.4, 0.5) is 5.13 Å². The van der Waals surface area contributed by atoms with Crippen LogP contribution in [-0.2, 0) is 0 Å². The van der Waals surface area contributed by atoms with Crippen LogP contribution in [-0.4, -0.2) is 26.6 Å². The number of phenols is 2. The average molecular weight is 253 g/mol. The molecular weight excluding hydrogens is 246 g/mol. The summed E-state index contributed by atoms with van der Waals surface area (Å²) in [5.74, 6) is -0.0343. The molecule has 0 atom stereocenters. The van der Waals surface area contributed by atoms with Gasteiger partial charge in [-0.3, -0.25) is 5.10 Å². The Morgan fingerprint density at radius 2 is 2.25 bits per heavy atom. The van der Waals surface area contributed by atoms with E-state index in [9.17, 15) is 5.11 Å². The molecule has 2 aromatic rings. The SMILES string of the molecule is Oc1ccc(C=Nc2n[nH]c(=S)s2)c(O)c1. The lowest BCUT2D eigenvalue weighted by Gasteiger charge is -1.97. The van der Waals surface area contributed by atoms with Crippen LogP contribution in [0.2, 0.25) is 0 Å². The maximum atomic E-state index is 9.48. The molecule has 2 rings (SSSR count). The Bertz CT molecular complexity index is 588. The van der Waals surface area contributed by atoms with Crippen LogP contribution in [0, 0.1) is 3.95 Å². The summed E-state index contributed by atoms with van der Waals surface area (Å²) >= 11 is 6.09. The van der Waals surface area contributed by atoms with Gasteiger partial charge in [-0.25, -0.2) is 4.99 Å². The van der Waals surface area contributed by atoms with Crippen molar-refractivity contribution < 1.29 is 10.2 Å². The summed E-state index contributed by atoms with van der Waals surface area (Å²) < 4.78 is 0.544. The van der Waals surface area contributed by atoms with Crippen LogP contribution >= 0.6 is 23.6 Å². The van der Waals surface area contributed by atoms with Crippen molar-refractivity contribution in [3.05, 3.63) is 27.7 Å². The Morgan fingerprint density at radius 3 is 2.88 bits per heavy atom. The van der Waals surface area contributed by atoms with Crippen molar-refractivity contribution in [1.82, 2.24) is 10.2 Å². The minimum Gasteiger partial charge on any atom is -0.508 e. The quantitative estimate of drug-likeness (QED) is 0.567. The van der Waals surface area contributed by atoms with Crippen molar-refractivity contribution >= 4 is 34.9 Å². The fourth-order valence-corrected chi connectivity index (χ4v) is 1.77. The fourth-order valence-electron chi connectivity index (χ4n) is 1.04. The molecule has 0 aliphatic heterocycles. The van der Waals surface area contributed by atoms with Crippen molar-refractivity contribution in [1.29, 1.82) is 0 Å². The first kappa shape index (κ1) is 10.8. The van der Waals surface area contributed by atoms with Gasteiger partial charge in [0, 0.05) is 17.8 Å². The number of hydrogen-bond acceptors (Lipinski definition) is 6. The van der Waals surface area contributed by atoms with Crippen LogP contribution in [0.15, 0.2) is 23.2 Å². The van der Waals surface area contributed by atoms with E-state index in [2.05, 4.69) is 15.2 Å². The van der Waals surface area contributed by atoms with Gasteiger partial charge >= 0.3 is 0 Å². The monoisotopic (exact) mass is 253 g/mol. The number of nitrogens with one attached hydrogen (secondary N) is 1. The van der Waals surface area contributed by atoms with Crippen LogP contribution in [0.25, 0.3) is 0 Å². The first-order valence-corrected chi connectivity index (χ1v) is 5.49. The van der Waals surface area contributed by atoms with E-state index in [4.69, 9.17) is 17.3 Å². The van der Waals surface area contributed by atoms with E-state index in [1.54, 1.807) is 6.07 Å². The van der Waals surface area contributed by atoms with Gasteiger partial charge in [-0.05, 0) is 24.4 Å². The molecule has 1 aromatic heterocycles. The Kier molecular flexibility index (Phi) is 2.97. The Morgan fingerprint density at radius 1 is 1.44 bits per heavy atom. The molecule has 3 N–H and O–H groups in total. The van der Waals surface area contributed by atoms with E-state index in [0.29, 0.717) is 14.6 Å². The summed E-state index contributed by atoms with van der Waals surface area (Å²) in [5.41, 5.74) is 0.499. The number of aromatic nitrogens is 2. The highest BCUT2D eigenvalue weighted by Crippen LogP contribution is 2.22. The second kappa shape index (κ2) is 4.42. The zero-order valence-corrected chi connectivity index (χ0v) is 9.55. The van der Waals surface area contributed by atoms with Gasteiger partial charge < -0.3 is 10.2 Å². The summed E-state index contributed by atoms with van der Waals surface area (Å²) in [6.45, 7) is 0. The van der Waals surface area contributed by atoms with Gasteiger partial charge in [-0.1, -0.05) is 11.3 Å². The average Bonchev–Trinajstić information content (AvgIpc) is 2.63. The summed E-state index contributed by atoms with van der Waals surface area (Å²) in [6.07, 6.45) is 1.45. The third kappa shape index (κ3) is 2.44. The highest BCUT2D eigenvalue weighted by atomic mass is 32.1. The predicted octanol–water partition coefficient (Wildman–Crippen LogP) is 2.36. The number of aromatic amines is 1. The third-order valence-electron chi connectivity index (χ3n) is 1.75. The molecule has 0 aliphatic carbocycles. The Balaban J connectivity index is 2.27. The number of rotatable bonds is 2. The van der Waals surface area contributed by atoms with Gasteiger partial charge in [0.2, 0.25) is 5.13 Å². The topological polar surface area (TPSA) is 81.5 Å². The van der Waals surface area contributed by atoms with E-state index in [-0.39, 0.29) is 11.5 Å². The zero-order chi connectivity index (χ0) is 11.5. The first-order valence-electron chi connectivity index (χ1n) is 4.27. The zero-order valence-electron chi connectivity index (χ0n) is 7.91. The predicted molar refractivity (Wildman–Crippen MR) is 64.3 cm³/mol. The number of nitrogens with zero attached hydrogens (tertiary/aromatic N) is 2. The molecule has 16 heavy (non-hydrogen) atoms. The molecular formula is C9H7N3O2S2. The molecule has 0 fully saturated rings. The maximum Gasteiger partial charge on any atom is 0.230 e. The van der Waals surface area contributed by atoms with Gasteiger partial charge in [0.05, 0.1) is 0 Å². The van der Waals surface area contributed by atoms with E-state index in [0.717, 1.165) is 0 Å². The van der Waals surface area contributed by atoms with Crippen LogP contribution in [0.1, 0.15) is 5.56 Å². The normalized spacial score (nSPS) is 11.0. The molecule has 7 heteroatoms. The Hall–Kier alpha value is -1.73. The van der Waals surface area contributed by atoms with E-state index < -0.39 is 0 Å². The summed E-state index contributed by atoms with van der Waals surface area (Å²) in [6, 6.07) is 4.27. The second-order valence-corrected chi connectivity index (χ2v) is 4.54. The molecule has 0 unspecified atom stereocenters. The van der Waals surface area contributed by atoms with Crippen LogP contribution < -0.4 is 0 Å². The molecule has 0 aliphatic rings. The van der Waals surface area contributed by atoms with Crippen molar-refractivity contribution in [2.45, 2.75) is 0 Å². The maximum absolute atomic E-state index is 9.48. The summed E-state index contributed by atoms with van der Waals surface area (Å²) in [7, 11) is 0. The van der Waals surface area contributed by atoms with Crippen LogP contribution in [0.5, 0.6) is 11.5 Å². The number of phenolic OH excluding ortho intramolecular Hbond substituents is 2. The summed E-state index contributed by atoms with van der Waals surface area (Å²) in [5, 5.41) is 25.5. The van der Waals surface area contributed by atoms with E-state index in [1.807, 2.05) is 0 Å². The fraction of sp³-hybridized carbons (Fsp3) is 0. The molecule has 5 nitrogen and oxygen atoms in total. The largest absolute Gasteiger partial charge is 0.508 e. The van der Waals surface area contributed by atoms with Gasteiger partial charge in [-0.2, -0.15) is 0 Å². The molecule has 0 spiro atoms. The number of H-pyrrole nitrogens is 1. The van der Waals surface area contributed by atoms with Crippen LogP contribution in [0.3, 0.4) is 0 Å². The van der Waals surface area contributed by atoms with Gasteiger partial charge in [0.1, 0.15) is 11.5 Å². The Labute approximate surface area is 99.7 Å². The highest BCUT2D eigenvalue weighted by molar-refractivity contribution is 7.73. The number of aromatic hydroxyl groups is 2. The lowest BCUT2D eigenvalue weighted by molar-refractivity contribution is 0.450. The lowest BCUT2D eigenvalue weighted by Crippen LogP contribution is -1.81. The molecule has 0 saturated carbocycles. The van der Waals surface area contributed by atoms with Crippen molar-refractivity contribution in [3.63, 3.8) is 0 Å². The number of aliphatic imine (C=N–C) groups is 1. The van der Waals surface area contributed by atoms with Crippen molar-refractivity contribution in [2.24, 2.45) is 4.99 Å². The van der Waals surface area contributed by atoms with E-state index >= 15 is 0 Å². The molecule has 1 heterocycles. The standard InChI is InChI=1S/C9H7N3O2S2/c13-6-2-1-5(7(14)3-6)4-10-8-11-12-9(15)16-8/h1-4,13-14H,(H,12,15). The molecule has 0 amide bonds. The molecule has 82 valence electrons. The minimum atomic E-state index is -0.0390. The smallest absolute Gasteiger partial charge is 0.230 e.